The van der Waals surface area contributed by atoms with Gasteiger partial charge in [0.2, 0.25) is 6.29 Å². The van der Waals surface area contributed by atoms with E-state index in [0.29, 0.717) is 12.4 Å². The highest BCUT2D eigenvalue weighted by atomic mass is 79.9. The van der Waals surface area contributed by atoms with Crippen molar-refractivity contribution in [2.24, 2.45) is 0 Å². The van der Waals surface area contributed by atoms with Crippen molar-refractivity contribution < 1.29 is 18.9 Å². The molecule has 0 amide bonds. The molecule has 20 heavy (non-hydrogen) atoms. The van der Waals surface area contributed by atoms with Gasteiger partial charge in [0.25, 0.3) is 0 Å². The molecule has 2 fully saturated rings. The van der Waals surface area contributed by atoms with Crippen LogP contribution in [0.4, 0.5) is 0 Å². The van der Waals surface area contributed by atoms with Crippen LogP contribution in [0, 0.1) is 0 Å². The summed E-state index contributed by atoms with van der Waals surface area (Å²) < 4.78 is 24.0. The van der Waals surface area contributed by atoms with Gasteiger partial charge in [0.05, 0.1) is 6.61 Å². The molecule has 0 radical (unpaired) electrons. The van der Waals surface area contributed by atoms with Gasteiger partial charge in [-0.2, -0.15) is 0 Å². The summed E-state index contributed by atoms with van der Waals surface area (Å²) in [6.07, 6.45) is -1.00. The van der Waals surface area contributed by atoms with Crippen molar-refractivity contribution in [2.45, 2.75) is 44.7 Å². The number of hydrogen-bond acceptors (Lipinski definition) is 4. The van der Waals surface area contributed by atoms with E-state index < -0.39 is 12.1 Å². The topological polar surface area (TPSA) is 36.9 Å². The first-order chi connectivity index (χ1) is 9.46. The summed E-state index contributed by atoms with van der Waals surface area (Å²) in [5, 5.41) is 0. The molecule has 1 aromatic carbocycles. The van der Waals surface area contributed by atoms with Gasteiger partial charge >= 0.3 is 0 Å². The Morgan fingerprint density at radius 1 is 1.30 bits per heavy atom. The smallest absolute Gasteiger partial charge is 0.231 e. The molecular weight excluding hydrogens is 324 g/mol. The minimum absolute atomic E-state index is 0.264. The van der Waals surface area contributed by atoms with Crippen molar-refractivity contribution in [3.63, 3.8) is 0 Å². The van der Waals surface area contributed by atoms with Gasteiger partial charge in [0.1, 0.15) is 11.9 Å². The Bertz CT molecular complexity index is 528. The van der Waals surface area contributed by atoms with Crippen LogP contribution in [0.15, 0.2) is 41.1 Å². The maximum atomic E-state index is 5.93. The third-order valence-electron chi connectivity index (χ3n) is 3.35. The molecule has 0 aromatic heterocycles. The van der Waals surface area contributed by atoms with Crippen LogP contribution in [0.3, 0.4) is 0 Å². The van der Waals surface area contributed by atoms with E-state index in [1.807, 2.05) is 38.1 Å². The molecule has 0 unspecified atom stereocenters. The van der Waals surface area contributed by atoms with Crippen LogP contribution in [0.5, 0.6) is 0 Å². The van der Waals surface area contributed by atoms with Crippen LogP contribution in [0.25, 0.3) is 0 Å². The van der Waals surface area contributed by atoms with E-state index in [0.717, 1.165) is 10.0 Å². The molecule has 0 spiro atoms. The maximum Gasteiger partial charge on any atom is 0.231 e. The molecule has 0 bridgehead atoms. The molecule has 5 heteroatoms. The van der Waals surface area contributed by atoms with E-state index in [-0.39, 0.29) is 12.2 Å². The van der Waals surface area contributed by atoms with E-state index in [4.69, 9.17) is 18.9 Å². The summed E-state index contributed by atoms with van der Waals surface area (Å²) in [4.78, 5) is 0. The van der Waals surface area contributed by atoms with Gasteiger partial charge in [-0.3, -0.25) is 0 Å². The standard InChI is InChI=1S/C15H17BrO4/c1-9-12(13-14(18-9)20-15(2,3)19-13)17-8-10-6-4-5-7-11(10)16/h4-7,12-14H,1,8H2,2-3H3/t12-,13+,14+/m0/s1. The number of ether oxygens (including phenoxy) is 4. The highest BCUT2D eigenvalue weighted by molar-refractivity contribution is 9.10. The van der Waals surface area contributed by atoms with E-state index in [1.165, 1.54) is 0 Å². The van der Waals surface area contributed by atoms with E-state index in [2.05, 4.69) is 22.5 Å². The summed E-state index contributed by atoms with van der Waals surface area (Å²) >= 11 is 3.51. The van der Waals surface area contributed by atoms with Gasteiger partial charge in [-0.25, -0.2) is 0 Å². The Morgan fingerprint density at radius 2 is 2.05 bits per heavy atom. The van der Waals surface area contributed by atoms with Gasteiger partial charge in [-0.15, -0.1) is 0 Å². The van der Waals surface area contributed by atoms with Gasteiger partial charge in [0, 0.05) is 4.47 Å². The summed E-state index contributed by atoms with van der Waals surface area (Å²) in [6.45, 7) is 8.07. The monoisotopic (exact) mass is 340 g/mol. The Balaban J connectivity index is 1.68. The van der Waals surface area contributed by atoms with Crippen molar-refractivity contribution in [1.29, 1.82) is 0 Å². The molecule has 3 atom stereocenters. The molecule has 3 rings (SSSR count). The van der Waals surface area contributed by atoms with Gasteiger partial charge in [-0.05, 0) is 25.5 Å². The predicted molar refractivity (Wildman–Crippen MR) is 76.8 cm³/mol. The molecule has 2 aliphatic heterocycles. The normalized spacial score (nSPS) is 31.1. The summed E-state index contributed by atoms with van der Waals surface area (Å²) in [7, 11) is 0. The van der Waals surface area contributed by atoms with Crippen molar-refractivity contribution in [3.8, 4) is 0 Å². The summed E-state index contributed by atoms with van der Waals surface area (Å²) in [5.74, 6) is -0.0899. The number of fused-ring (bicyclic) bond motifs is 1. The van der Waals surface area contributed by atoms with Gasteiger partial charge < -0.3 is 18.9 Å². The van der Waals surface area contributed by atoms with E-state index in [9.17, 15) is 0 Å². The fourth-order valence-corrected chi connectivity index (χ4v) is 2.83. The Morgan fingerprint density at radius 3 is 2.80 bits per heavy atom. The molecule has 108 valence electrons. The molecule has 0 saturated carbocycles. The highest BCUT2D eigenvalue weighted by Gasteiger charge is 2.53. The number of hydrogen-bond donors (Lipinski definition) is 0. The Labute approximate surface area is 126 Å². The highest BCUT2D eigenvalue weighted by Crippen LogP contribution is 2.40. The quantitative estimate of drug-likeness (QED) is 0.845. The second kappa shape index (κ2) is 5.15. The first-order valence-corrected chi connectivity index (χ1v) is 7.32. The zero-order valence-corrected chi connectivity index (χ0v) is 13.1. The lowest BCUT2D eigenvalue weighted by Crippen LogP contribution is -2.31. The summed E-state index contributed by atoms with van der Waals surface area (Å²) in [5.41, 5.74) is 1.07. The molecule has 2 saturated heterocycles. The molecule has 2 heterocycles. The van der Waals surface area contributed by atoms with Crippen LogP contribution in [0.1, 0.15) is 19.4 Å². The molecule has 4 nitrogen and oxygen atoms in total. The lowest BCUT2D eigenvalue weighted by Gasteiger charge is -2.21. The fourth-order valence-electron chi connectivity index (χ4n) is 2.44. The fraction of sp³-hybridized carbons (Fsp3) is 0.467. The molecular formula is C15H17BrO4. The third kappa shape index (κ3) is 2.63. The number of rotatable bonds is 3. The predicted octanol–water partition coefficient (Wildman–Crippen LogP) is 3.36. The molecule has 1 aromatic rings. The van der Waals surface area contributed by atoms with E-state index >= 15 is 0 Å². The van der Waals surface area contributed by atoms with Crippen molar-refractivity contribution >= 4 is 15.9 Å². The van der Waals surface area contributed by atoms with Crippen LogP contribution in [-0.4, -0.2) is 24.3 Å². The lowest BCUT2D eigenvalue weighted by molar-refractivity contribution is -0.191. The SMILES string of the molecule is C=C1O[C@@H]2OC(C)(C)O[C@@H]2[C@H]1OCc1ccccc1Br. The minimum atomic E-state index is -0.648. The average Bonchev–Trinajstić information content (AvgIpc) is 2.80. The Kier molecular flexibility index (Phi) is 3.62. The van der Waals surface area contributed by atoms with Crippen molar-refractivity contribution in [3.05, 3.63) is 46.6 Å². The number of halogens is 1. The molecule has 2 aliphatic rings. The van der Waals surface area contributed by atoms with E-state index in [1.54, 1.807) is 0 Å². The van der Waals surface area contributed by atoms with Gasteiger partial charge in [-0.1, -0.05) is 40.7 Å². The van der Waals surface area contributed by atoms with Crippen molar-refractivity contribution in [1.82, 2.24) is 0 Å². The zero-order chi connectivity index (χ0) is 14.3. The maximum absolute atomic E-state index is 5.93. The Hall–Kier alpha value is -0.880. The summed E-state index contributed by atoms with van der Waals surface area (Å²) in [6, 6.07) is 7.94. The first kappa shape index (κ1) is 14.1. The molecule has 0 aliphatic carbocycles. The zero-order valence-electron chi connectivity index (χ0n) is 11.5. The van der Waals surface area contributed by atoms with Crippen LogP contribution < -0.4 is 0 Å². The first-order valence-electron chi connectivity index (χ1n) is 6.52. The second-order valence-corrected chi connectivity index (χ2v) is 6.23. The van der Waals surface area contributed by atoms with Crippen LogP contribution in [-0.2, 0) is 25.6 Å². The average molecular weight is 341 g/mol. The van der Waals surface area contributed by atoms with Crippen LogP contribution >= 0.6 is 15.9 Å². The van der Waals surface area contributed by atoms with Crippen LogP contribution in [0.2, 0.25) is 0 Å². The largest absolute Gasteiger partial charge is 0.464 e. The second-order valence-electron chi connectivity index (χ2n) is 5.38. The number of benzene rings is 1. The van der Waals surface area contributed by atoms with Crippen molar-refractivity contribution in [2.75, 3.05) is 0 Å². The third-order valence-corrected chi connectivity index (χ3v) is 4.12. The lowest BCUT2D eigenvalue weighted by atomic mass is 10.2. The van der Waals surface area contributed by atoms with Gasteiger partial charge in [0.15, 0.2) is 11.9 Å². The minimum Gasteiger partial charge on any atom is -0.464 e. The molecule has 0 N–H and O–H groups in total.